The number of halogens is 5. The first-order valence-corrected chi connectivity index (χ1v) is 8.30. The molecule has 0 unspecified atom stereocenters. The summed E-state index contributed by atoms with van der Waals surface area (Å²) in [6.45, 7) is 6.03. The van der Waals surface area contributed by atoms with Crippen LogP contribution < -0.4 is 10.1 Å². The first-order chi connectivity index (χ1) is 11.0. The van der Waals surface area contributed by atoms with E-state index >= 15 is 0 Å². The molecular formula is C17H27Cl2F3N2O. The van der Waals surface area contributed by atoms with E-state index in [1.165, 1.54) is 18.6 Å². The Morgan fingerprint density at radius 2 is 1.68 bits per heavy atom. The fraction of sp³-hybridized carbons (Fsp3) is 0.647. The van der Waals surface area contributed by atoms with Gasteiger partial charge in [-0.05, 0) is 24.1 Å². The summed E-state index contributed by atoms with van der Waals surface area (Å²) >= 11 is 0. The van der Waals surface area contributed by atoms with Gasteiger partial charge in [-0.15, -0.1) is 38.0 Å². The van der Waals surface area contributed by atoms with Crippen molar-refractivity contribution in [1.29, 1.82) is 0 Å². The second-order valence-corrected chi connectivity index (χ2v) is 5.91. The highest BCUT2D eigenvalue weighted by Crippen LogP contribution is 2.30. The third-order valence-electron chi connectivity index (χ3n) is 4.17. The summed E-state index contributed by atoms with van der Waals surface area (Å²) in [7, 11) is 0. The largest absolute Gasteiger partial charge is 0.573 e. The zero-order chi connectivity index (χ0) is 16.7. The number of hydrogen-bond acceptors (Lipinski definition) is 3. The predicted molar refractivity (Wildman–Crippen MR) is 98.9 cm³/mol. The number of ether oxygens (including phenoxy) is 1. The van der Waals surface area contributed by atoms with Crippen LogP contribution in [0.4, 0.5) is 13.2 Å². The van der Waals surface area contributed by atoms with Gasteiger partial charge in [-0.3, -0.25) is 4.90 Å². The molecule has 1 aliphatic rings. The Morgan fingerprint density at radius 3 is 2.20 bits per heavy atom. The van der Waals surface area contributed by atoms with Crippen LogP contribution in [0.5, 0.6) is 5.75 Å². The van der Waals surface area contributed by atoms with Gasteiger partial charge in [-0.2, -0.15) is 0 Å². The molecule has 1 aromatic rings. The number of unbranched alkanes of at least 4 members (excludes halogenated alkanes) is 2. The second-order valence-electron chi connectivity index (χ2n) is 5.91. The Kier molecular flexibility index (Phi) is 11.5. The van der Waals surface area contributed by atoms with E-state index in [4.69, 9.17) is 0 Å². The topological polar surface area (TPSA) is 24.5 Å². The monoisotopic (exact) mass is 402 g/mol. The van der Waals surface area contributed by atoms with Gasteiger partial charge in [-0.25, -0.2) is 0 Å². The molecule has 1 heterocycles. The molecule has 0 bridgehead atoms. The highest BCUT2D eigenvalue weighted by molar-refractivity contribution is 5.85. The van der Waals surface area contributed by atoms with E-state index in [0.29, 0.717) is 0 Å². The van der Waals surface area contributed by atoms with Crippen LogP contribution in [0.1, 0.15) is 44.2 Å². The molecule has 0 aliphatic carbocycles. The molecule has 8 heteroatoms. The standard InChI is InChI=1S/C17H25F3N2O.2ClH/c1-2-3-4-5-16(22-12-10-21-11-13-22)14-6-8-15(9-7-14)23-17(18,19)20;;/h6-9,16,21H,2-5,10-13H2,1H3;2*1H/t16-;;/m1../s1. The average Bonchev–Trinajstić information content (AvgIpc) is 2.52. The van der Waals surface area contributed by atoms with Crippen molar-refractivity contribution in [2.24, 2.45) is 0 Å². The molecule has 0 aromatic heterocycles. The minimum Gasteiger partial charge on any atom is -0.406 e. The van der Waals surface area contributed by atoms with Crippen LogP contribution in [0.3, 0.4) is 0 Å². The Hall–Kier alpha value is -0.690. The van der Waals surface area contributed by atoms with E-state index in [0.717, 1.165) is 51.0 Å². The molecule has 0 saturated carbocycles. The van der Waals surface area contributed by atoms with Crippen molar-refractivity contribution in [2.75, 3.05) is 26.2 Å². The van der Waals surface area contributed by atoms with E-state index in [1.54, 1.807) is 12.1 Å². The zero-order valence-electron chi connectivity index (χ0n) is 14.3. The molecule has 1 N–H and O–H groups in total. The molecule has 0 radical (unpaired) electrons. The minimum atomic E-state index is -4.64. The molecule has 1 fully saturated rings. The first-order valence-electron chi connectivity index (χ1n) is 8.30. The molecule has 0 spiro atoms. The first kappa shape index (κ1) is 24.3. The summed E-state index contributed by atoms with van der Waals surface area (Å²) in [5.74, 6) is -0.158. The molecule has 25 heavy (non-hydrogen) atoms. The van der Waals surface area contributed by atoms with Crippen molar-refractivity contribution in [3.8, 4) is 5.75 Å². The maximum atomic E-state index is 12.3. The summed E-state index contributed by atoms with van der Waals surface area (Å²) in [6, 6.07) is 6.62. The summed E-state index contributed by atoms with van der Waals surface area (Å²) < 4.78 is 40.7. The van der Waals surface area contributed by atoms with Crippen LogP contribution in [-0.4, -0.2) is 37.4 Å². The summed E-state index contributed by atoms with van der Waals surface area (Å²) in [5.41, 5.74) is 1.07. The van der Waals surface area contributed by atoms with Gasteiger partial charge < -0.3 is 10.1 Å². The van der Waals surface area contributed by atoms with Crippen molar-refractivity contribution in [3.05, 3.63) is 29.8 Å². The van der Waals surface area contributed by atoms with Crippen molar-refractivity contribution >= 4 is 24.8 Å². The molecule has 1 aromatic carbocycles. The molecule has 146 valence electrons. The quantitative estimate of drug-likeness (QED) is 0.652. The van der Waals surface area contributed by atoms with Gasteiger partial charge in [0.15, 0.2) is 0 Å². The fourth-order valence-electron chi connectivity index (χ4n) is 3.03. The molecule has 1 atom stereocenters. The van der Waals surface area contributed by atoms with E-state index < -0.39 is 6.36 Å². The van der Waals surface area contributed by atoms with Crippen LogP contribution in [-0.2, 0) is 0 Å². The normalized spacial score (nSPS) is 16.5. The Labute approximate surface area is 160 Å². The van der Waals surface area contributed by atoms with Gasteiger partial charge in [0.25, 0.3) is 0 Å². The highest BCUT2D eigenvalue weighted by atomic mass is 35.5. The molecule has 3 nitrogen and oxygen atoms in total. The maximum Gasteiger partial charge on any atom is 0.573 e. The highest BCUT2D eigenvalue weighted by Gasteiger charge is 2.31. The summed E-state index contributed by atoms with van der Waals surface area (Å²) in [6.07, 6.45) is -0.135. The number of rotatable bonds is 7. The summed E-state index contributed by atoms with van der Waals surface area (Å²) in [5, 5.41) is 3.34. The van der Waals surface area contributed by atoms with Gasteiger partial charge in [0.2, 0.25) is 0 Å². The number of alkyl halides is 3. The molecule has 1 saturated heterocycles. The lowest BCUT2D eigenvalue weighted by Crippen LogP contribution is -2.45. The molecular weight excluding hydrogens is 376 g/mol. The molecule has 1 aliphatic heterocycles. The van der Waals surface area contributed by atoms with E-state index in [9.17, 15) is 13.2 Å². The number of nitrogens with zero attached hydrogens (tertiary/aromatic N) is 1. The zero-order valence-corrected chi connectivity index (χ0v) is 16.0. The summed E-state index contributed by atoms with van der Waals surface area (Å²) in [4.78, 5) is 2.42. The van der Waals surface area contributed by atoms with Crippen molar-refractivity contribution < 1.29 is 17.9 Å². The van der Waals surface area contributed by atoms with Crippen molar-refractivity contribution in [3.63, 3.8) is 0 Å². The van der Waals surface area contributed by atoms with Gasteiger partial charge in [0.05, 0.1) is 0 Å². The van der Waals surface area contributed by atoms with Crippen LogP contribution in [0.15, 0.2) is 24.3 Å². The predicted octanol–water partition coefficient (Wildman–Crippen LogP) is 4.96. The van der Waals surface area contributed by atoms with Gasteiger partial charge in [0, 0.05) is 32.2 Å². The molecule has 0 amide bonds. The maximum absolute atomic E-state index is 12.3. The second kappa shape index (κ2) is 11.8. The minimum absolute atomic E-state index is 0. The van der Waals surface area contributed by atoms with Crippen LogP contribution in [0, 0.1) is 0 Å². The van der Waals surface area contributed by atoms with E-state index in [1.807, 2.05) is 0 Å². The van der Waals surface area contributed by atoms with Crippen molar-refractivity contribution in [2.45, 2.75) is 45.0 Å². The fourth-order valence-corrected chi connectivity index (χ4v) is 3.03. The lowest BCUT2D eigenvalue weighted by molar-refractivity contribution is -0.274. The third kappa shape index (κ3) is 8.49. The number of nitrogens with one attached hydrogen (secondary N) is 1. The Bertz CT molecular complexity index is 466. The van der Waals surface area contributed by atoms with Gasteiger partial charge in [-0.1, -0.05) is 38.3 Å². The lowest BCUT2D eigenvalue weighted by Gasteiger charge is -2.35. The number of piperazine rings is 1. The van der Waals surface area contributed by atoms with Gasteiger partial charge >= 0.3 is 6.36 Å². The number of benzene rings is 1. The lowest BCUT2D eigenvalue weighted by atomic mass is 9.98. The molecule has 2 rings (SSSR count). The van der Waals surface area contributed by atoms with E-state index in [2.05, 4.69) is 21.9 Å². The van der Waals surface area contributed by atoms with Crippen molar-refractivity contribution in [1.82, 2.24) is 10.2 Å². The SMILES string of the molecule is CCCCC[C@H](c1ccc(OC(F)(F)F)cc1)N1CCNCC1.Cl.Cl. The Balaban J connectivity index is 0.00000288. The Morgan fingerprint density at radius 1 is 1.08 bits per heavy atom. The number of hydrogen-bond donors (Lipinski definition) is 1. The van der Waals surface area contributed by atoms with E-state index in [-0.39, 0.29) is 36.6 Å². The van der Waals surface area contributed by atoms with Crippen LogP contribution in [0.25, 0.3) is 0 Å². The third-order valence-corrected chi connectivity index (χ3v) is 4.17. The van der Waals surface area contributed by atoms with Gasteiger partial charge in [0.1, 0.15) is 5.75 Å². The smallest absolute Gasteiger partial charge is 0.406 e. The van der Waals surface area contributed by atoms with Crippen LogP contribution >= 0.6 is 24.8 Å². The van der Waals surface area contributed by atoms with Crippen LogP contribution in [0.2, 0.25) is 0 Å². The average molecular weight is 403 g/mol.